The van der Waals surface area contributed by atoms with Crippen LogP contribution in [-0.4, -0.2) is 16.1 Å². The Bertz CT molecular complexity index is 667. The van der Waals surface area contributed by atoms with Crippen LogP contribution in [0.5, 0.6) is 5.75 Å². The van der Waals surface area contributed by atoms with Crippen molar-refractivity contribution >= 4 is 5.97 Å². The zero-order valence-corrected chi connectivity index (χ0v) is 11.7. The van der Waals surface area contributed by atoms with Crippen molar-refractivity contribution < 1.29 is 14.6 Å². The molecule has 0 saturated heterocycles. The van der Waals surface area contributed by atoms with Crippen LogP contribution in [0.15, 0.2) is 36.5 Å². The number of fused-ring (bicyclic) bond motifs is 1. The molecule has 1 aliphatic carbocycles. The number of pyridine rings is 1. The molecule has 0 unspecified atom stereocenters. The monoisotopic (exact) mass is 283 g/mol. The molecule has 0 spiro atoms. The Kier molecular flexibility index (Phi) is 3.86. The molecule has 2 aromatic rings. The molecule has 0 atom stereocenters. The molecule has 1 aromatic heterocycles. The van der Waals surface area contributed by atoms with Gasteiger partial charge < -0.3 is 9.84 Å². The normalized spacial score (nSPS) is 13.5. The van der Waals surface area contributed by atoms with Crippen molar-refractivity contribution in [1.29, 1.82) is 0 Å². The second-order valence-corrected chi connectivity index (χ2v) is 5.28. The fraction of sp³-hybridized carbons (Fsp3) is 0.294. The van der Waals surface area contributed by atoms with E-state index in [-0.39, 0.29) is 5.69 Å². The molecule has 21 heavy (non-hydrogen) atoms. The van der Waals surface area contributed by atoms with Crippen molar-refractivity contribution in [3.05, 3.63) is 58.9 Å². The van der Waals surface area contributed by atoms with Crippen LogP contribution in [0.2, 0.25) is 0 Å². The van der Waals surface area contributed by atoms with E-state index in [0.717, 1.165) is 24.2 Å². The van der Waals surface area contributed by atoms with Crippen LogP contribution in [0.3, 0.4) is 0 Å². The van der Waals surface area contributed by atoms with E-state index in [9.17, 15) is 4.79 Å². The predicted molar refractivity (Wildman–Crippen MR) is 78.6 cm³/mol. The van der Waals surface area contributed by atoms with Gasteiger partial charge in [0.1, 0.15) is 18.1 Å². The third kappa shape index (κ3) is 3.21. The molecule has 1 aliphatic rings. The molecule has 0 saturated carbocycles. The summed E-state index contributed by atoms with van der Waals surface area (Å²) in [6.45, 7) is 0.349. The van der Waals surface area contributed by atoms with E-state index in [0.29, 0.717) is 6.61 Å². The Balaban J connectivity index is 1.70. The molecular formula is C17H17NO3. The van der Waals surface area contributed by atoms with E-state index in [2.05, 4.69) is 17.1 Å². The Hall–Kier alpha value is -2.36. The minimum Gasteiger partial charge on any atom is -0.489 e. The number of carboxylic acids is 1. The summed E-state index contributed by atoms with van der Waals surface area (Å²) in [5, 5.41) is 8.92. The number of carbonyl (C=O) groups is 1. The van der Waals surface area contributed by atoms with Crippen molar-refractivity contribution in [2.75, 3.05) is 0 Å². The first-order chi connectivity index (χ1) is 10.2. The van der Waals surface area contributed by atoms with E-state index >= 15 is 0 Å². The molecule has 1 heterocycles. The quantitative estimate of drug-likeness (QED) is 0.935. The Morgan fingerprint density at radius 2 is 1.95 bits per heavy atom. The highest BCUT2D eigenvalue weighted by atomic mass is 16.5. The molecule has 0 bridgehead atoms. The Labute approximate surface area is 123 Å². The van der Waals surface area contributed by atoms with Crippen LogP contribution in [-0.2, 0) is 19.4 Å². The van der Waals surface area contributed by atoms with E-state index < -0.39 is 5.97 Å². The average Bonchev–Trinajstić information content (AvgIpc) is 2.53. The Morgan fingerprint density at radius 3 is 2.76 bits per heavy atom. The third-order valence-electron chi connectivity index (χ3n) is 3.77. The average molecular weight is 283 g/mol. The van der Waals surface area contributed by atoms with Crippen LogP contribution >= 0.6 is 0 Å². The van der Waals surface area contributed by atoms with Crippen LogP contribution in [0.4, 0.5) is 0 Å². The summed E-state index contributed by atoms with van der Waals surface area (Å²) in [5.41, 5.74) is 3.65. The summed E-state index contributed by atoms with van der Waals surface area (Å²) < 4.78 is 5.77. The molecule has 4 heteroatoms. The highest BCUT2D eigenvalue weighted by molar-refractivity contribution is 5.85. The van der Waals surface area contributed by atoms with Gasteiger partial charge >= 0.3 is 5.97 Å². The topological polar surface area (TPSA) is 59.4 Å². The van der Waals surface area contributed by atoms with E-state index in [1.807, 2.05) is 6.07 Å². The third-order valence-corrected chi connectivity index (χ3v) is 3.77. The maximum atomic E-state index is 10.9. The maximum absolute atomic E-state index is 10.9. The molecular weight excluding hydrogens is 266 g/mol. The van der Waals surface area contributed by atoms with Gasteiger partial charge in [0.05, 0.1) is 0 Å². The van der Waals surface area contributed by atoms with Crippen molar-refractivity contribution in [2.24, 2.45) is 0 Å². The van der Waals surface area contributed by atoms with Gasteiger partial charge in [0.25, 0.3) is 0 Å². The zero-order valence-electron chi connectivity index (χ0n) is 11.7. The summed E-state index contributed by atoms with van der Waals surface area (Å²) >= 11 is 0. The van der Waals surface area contributed by atoms with Crippen molar-refractivity contribution in [3.8, 4) is 5.75 Å². The largest absolute Gasteiger partial charge is 0.489 e. The number of rotatable bonds is 4. The lowest BCUT2D eigenvalue weighted by Crippen LogP contribution is -2.05. The Morgan fingerprint density at radius 1 is 1.14 bits per heavy atom. The van der Waals surface area contributed by atoms with Gasteiger partial charge in [-0.3, -0.25) is 0 Å². The molecule has 0 amide bonds. The fourth-order valence-electron chi connectivity index (χ4n) is 2.65. The number of aromatic carboxylic acids is 1. The van der Waals surface area contributed by atoms with Crippen molar-refractivity contribution in [2.45, 2.75) is 32.3 Å². The molecule has 0 radical (unpaired) electrons. The molecule has 3 rings (SSSR count). The lowest BCUT2D eigenvalue weighted by Gasteiger charge is -2.16. The fourth-order valence-corrected chi connectivity index (χ4v) is 2.65. The van der Waals surface area contributed by atoms with Gasteiger partial charge in [-0.05, 0) is 66.6 Å². The van der Waals surface area contributed by atoms with Gasteiger partial charge in [-0.15, -0.1) is 0 Å². The highest BCUT2D eigenvalue weighted by Crippen LogP contribution is 2.25. The highest BCUT2D eigenvalue weighted by Gasteiger charge is 2.10. The van der Waals surface area contributed by atoms with Gasteiger partial charge in [-0.2, -0.15) is 0 Å². The van der Waals surface area contributed by atoms with Crippen LogP contribution in [0.25, 0.3) is 0 Å². The first-order valence-corrected chi connectivity index (χ1v) is 7.15. The first kappa shape index (κ1) is 13.6. The number of benzene rings is 1. The summed E-state index contributed by atoms with van der Waals surface area (Å²) in [6, 6.07) is 9.54. The van der Waals surface area contributed by atoms with Gasteiger partial charge in [-0.25, -0.2) is 9.78 Å². The summed E-state index contributed by atoms with van der Waals surface area (Å²) in [7, 11) is 0. The minimum atomic E-state index is -1.02. The van der Waals surface area contributed by atoms with E-state index in [1.54, 1.807) is 12.1 Å². The molecule has 1 aromatic carbocycles. The number of hydrogen-bond donors (Lipinski definition) is 1. The number of aryl methyl sites for hydroxylation is 2. The van der Waals surface area contributed by atoms with Crippen molar-refractivity contribution in [3.63, 3.8) is 0 Å². The standard InChI is InChI=1S/C17H17NO3/c19-17(20)16-9-12(7-8-18-16)11-21-15-6-5-13-3-1-2-4-14(13)10-15/h5-10H,1-4,11H2,(H,19,20). The lowest BCUT2D eigenvalue weighted by molar-refractivity contribution is 0.0690. The zero-order chi connectivity index (χ0) is 14.7. The molecule has 0 aliphatic heterocycles. The minimum absolute atomic E-state index is 0.0431. The summed E-state index contributed by atoms with van der Waals surface area (Å²) in [5.74, 6) is -0.185. The molecule has 108 valence electrons. The molecule has 0 fully saturated rings. The van der Waals surface area contributed by atoms with Crippen molar-refractivity contribution in [1.82, 2.24) is 4.98 Å². The number of aromatic nitrogens is 1. The van der Waals surface area contributed by atoms with E-state index in [4.69, 9.17) is 9.84 Å². The SMILES string of the molecule is O=C(O)c1cc(COc2ccc3c(c2)CCCC3)ccn1. The number of ether oxygens (including phenoxy) is 1. The van der Waals surface area contributed by atoms with Gasteiger partial charge in [0, 0.05) is 6.20 Å². The van der Waals surface area contributed by atoms with E-state index in [1.165, 1.54) is 30.2 Å². The second kappa shape index (κ2) is 5.95. The van der Waals surface area contributed by atoms with Crippen LogP contribution < -0.4 is 4.74 Å². The van der Waals surface area contributed by atoms with Crippen LogP contribution in [0.1, 0.15) is 40.0 Å². The number of hydrogen-bond acceptors (Lipinski definition) is 3. The van der Waals surface area contributed by atoms with Gasteiger partial charge in [-0.1, -0.05) is 6.07 Å². The lowest BCUT2D eigenvalue weighted by atomic mass is 9.92. The summed E-state index contributed by atoms with van der Waals surface area (Å²) in [6.07, 6.45) is 6.27. The van der Waals surface area contributed by atoms with Gasteiger partial charge in [0.15, 0.2) is 0 Å². The first-order valence-electron chi connectivity index (χ1n) is 7.15. The summed E-state index contributed by atoms with van der Waals surface area (Å²) in [4.78, 5) is 14.7. The number of carboxylic acid groups (broad SMARTS) is 1. The predicted octanol–water partition coefficient (Wildman–Crippen LogP) is 3.24. The smallest absolute Gasteiger partial charge is 0.354 e. The maximum Gasteiger partial charge on any atom is 0.354 e. The van der Waals surface area contributed by atoms with Gasteiger partial charge in [0.2, 0.25) is 0 Å². The number of nitrogens with zero attached hydrogens (tertiary/aromatic N) is 1. The molecule has 1 N–H and O–H groups in total. The molecule has 4 nitrogen and oxygen atoms in total. The van der Waals surface area contributed by atoms with Crippen LogP contribution in [0, 0.1) is 0 Å². The second-order valence-electron chi connectivity index (χ2n) is 5.28.